The van der Waals surface area contributed by atoms with Gasteiger partial charge in [0.1, 0.15) is 17.1 Å². The van der Waals surface area contributed by atoms with E-state index in [0.29, 0.717) is 0 Å². The first-order valence-corrected chi connectivity index (χ1v) is 12.8. The first kappa shape index (κ1) is 21.0. The summed E-state index contributed by atoms with van der Waals surface area (Å²) in [7, 11) is 0. The fourth-order valence-corrected chi connectivity index (χ4v) is 5.58. The number of rotatable bonds is 3. The molecule has 0 saturated heterocycles. The molecule has 0 amide bonds. The smallest absolute Gasteiger partial charge is 0.137 e. The average Bonchev–Trinajstić information content (AvgIpc) is 3.42. The Morgan fingerprint density at radius 1 is 0.500 bits per heavy atom. The maximum Gasteiger partial charge on any atom is 0.137 e. The lowest BCUT2D eigenvalue weighted by molar-refractivity contribution is 0.487. The van der Waals surface area contributed by atoms with E-state index in [4.69, 9.17) is 9.72 Å². The molecule has 3 nitrogen and oxygen atoms in total. The van der Waals surface area contributed by atoms with Gasteiger partial charge in [-0.1, -0.05) is 97.1 Å². The third-order valence-corrected chi connectivity index (χ3v) is 7.47. The minimum Gasteiger partial charge on any atom is -0.456 e. The van der Waals surface area contributed by atoms with E-state index in [1.165, 1.54) is 38.6 Å². The van der Waals surface area contributed by atoms with Crippen LogP contribution in [0.4, 0.5) is 0 Å². The SMILES string of the molecule is c1ccc2c(c1)Oc1ccc(-c3ccc(-c4ccc(-c5cn6ccccc6n5)cc4)cc3)c3cccc-2c13. The van der Waals surface area contributed by atoms with E-state index in [1.54, 1.807) is 0 Å². The molecule has 38 heavy (non-hydrogen) atoms. The highest BCUT2D eigenvalue weighted by Crippen LogP contribution is 2.48. The summed E-state index contributed by atoms with van der Waals surface area (Å²) in [6.07, 6.45) is 4.10. The Balaban J connectivity index is 1.14. The largest absolute Gasteiger partial charge is 0.456 e. The quantitative estimate of drug-likeness (QED) is 0.249. The van der Waals surface area contributed by atoms with Crippen LogP contribution >= 0.6 is 0 Å². The predicted octanol–water partition coefficient (Wildman–Crippen LogP) is 9.26. The Labute approximate surface area is 220 Å². The van der Waals surface area contributed by atoms with Crippen LogP contribution in [0.3, 0.4) is 0 Å². The summed E-state index contributed by atoms with van der Waals surface area (Å²) in [4.78, 5) is 4.74. The van der Waals surface area contributed by atoms with Crippen LogP contribution in [0.1, 0.15) is 0 Å². The lowest BCUT2D eigenvalue weighted by Gasteiger charge is -2.22. The molecule has 0 fully saturated rings. The predicted molar refractivity (Wildman–Crippen MR) is 155 cm³/mol. The molecule has 0 spiro atoms. The number of hydrogen-bond donors (Lipinski definition) is 0. The van der Waals surface area contributed by atoms with Crippen molar-refractivity contribution < 1.29 is 4.74 Å². The Kier molecular flexibility index (Phi) is 4.52. The van der Waals surface area contributed by atoms with Crippen molar-refractivity contribution in [3.05, 3.63) is 134 Å². The first-order chi connectivity index (χ1) is 18.8. The van der Waals surface area contributed by atoms with Gasteiger partial charge in [-0.25, -0.2) is 4.98 Å². The topological polar surface area (TPSA) is 26.5 Å². The maximum absolute atomic E-state index is 6.27. The van der Waals surface area contributed by atoms with Gasteiger partial charge in [0.05, 0.1) is 5.69 Å². The van der Waals surface area contributed by atoms with Crippen molar-refractivity contribution in [1.29, 1.82) is 0 Å². The van der Waals surface area contributed by atoms with Gasteiger partial charge in [0.15, 0.2) is 0 Å². The van der Waals surface area contributed by atoms with Crippen LogP contribution in [-0.4, -0.2) is 9.38 Å². The molecule has 8 rings (SSSR count). The summed E-state index contributed by atoms with van der Waals surface area (Å²) in [5.41, 5.74) is 10.2. The minimum absolute atomic E-state index is 0.914. The van der Waals surface area contributed by atoms with Crippen LogP contribution in [0.2, 0.25) is 0 Å². The number of nitrogens with zero attached hydrogens (tertiary/aromatic N) is 2. The molecule has 0 aliphatic carbocycles. The van der Waals surface area contributed by atoms with Crippen molar-refractivity contribution in [3.63, 3.8) is 0 Å². The zero-order chi connectivity index (χ0) is 25.1. The number of ether oxygens (including phenoxy) is 1. The third kappa shape index (κ3) is 3.26. The lowest BCUT2D eigenvalue weighted by Crippen LogP contribution is -1.97. The molecule has 178 valence electrons. The average molecular weight is 487 g/mol. The number of aromatic nitrogens is 2. The fourth-order valence-electron chi connectivity index (χ4n) is 5.58. The number of benzene rings is 5. The Morgan fingerprint density at radius 3 is 2.03 bits per heavy atom. The molecule has 0 N–H and O–H groups in total. The van der Waals surface area contributed by atoms with Crippen LogP contribution in [0.25, 0.3) is 61.1 Å². The van der Waals surface area contributed by atoms with Gasteiger partial charge in [0.25, 0.3) is 0 Å². The number of para-hydroxylation sites is 1. The van der Waals surface area contributed by atoms with Crippen molar-refractivity contribution in [1.82, 2.24) is 9.38 Å². The van der Waals surface area contributed by atoms with Crippen LogP contribution in [-0.2, 0) is 0 Å². The summed E-state index contributed by atoms with van der Waals surface area (Å²) in [5.74, 6) is 1.83. The van der Waals surface area contributed by atoms with Crippen LogP contribution < -0.4 is 4.74 Å². The van der Waals surface area contributed by atoms with Crippen molar-refractivity contribution in [2.24, 2.45) is 0 Å². The molecule has 0 saturated carbocycles. The summed E-state index contributed by atoms with van der Waals surface area (Å²) in [5, 5.41) is 2.38. The highest BCUT2D eigenvalue weighted by Gasteiger charge is 2.21. The molecule has 0 atom stereocenters. The summed E-state index contributed by atoms with van der Waals surface area (Å²) >= 11 is 0. The van der Waals surface area contributed by atoms with E-state index in [9.17, 15) is 0 Å². The van der Waals surface area contributed by atoms with E-state index in [-0.39, 0.29) is 0 Å². The van der Waals surface area contributed by atoms with Crippen LogP contribution in [0.15, 0.2) is 134 Å². The molecule has 7 aromatic rings. The Hall–Kier alpha value is -5.15. The van der Waals surface area contributed by atoms with E-state index in [1.807, 2.05) is 36.5 Å². The van der Waals surface area contributed by atoms with E-state index in [0.717, 1.165) is 34.0 Å². The molecule has 2 aromatic heterocycles. The molecule has 0 bridgehead atoms. The number of imidazole rings is 1. The van der Waals surface area contributed by atoms with Gasteiger partial charge in [-0.3, -0.25) is 0 Å². The van der Waals surface area contributed by atoms with E-state index >= 15 is 0 Å². The second kappa shape index (κ2) is 8.19. The summed E-state index contributed by atoms with van der Waals surface area (Å²) in [6.45, 7) is 0. The Morgan fingerprint density at radius 2 is 1.21 bits per heavy atom. The standard InChI is InChI=1S/C35H22N2O/c1-2-9-32-28(6-1)30-8-5-7-29-27(19-20-33(38-32)35(29)30)25-15-11-23(12-16-25)24-13-17-26(18-14-24)31-22-37-21-4-3-10-34(37)36-31/h1-22H. The summed E-state index contributed by atoms with van der Waals surface area (Å²) < 4.78 is 8.32. The van der Waals surface area contributed by atoms with Gasteiger partial charge in [-0.2, -0.15) is 0 Å². The van der Waals surface area contributed by atoms with Gasteiger partial charge in [-0.15, -0.1) is 0 Å². The second-order valence-corrected chi connectivity index (χ2v) is 9.68. The van der Waals surface area contributed by atoms with Gasteiger partial charge < -0.3 is 9.14 Å². The highest BCUT2D eigenvalue weighted by molar-refractivity contribution is 6.09. The van der Waals surface area contributed by atoms with E-state index < -0.39 is 0 Å². The van der Waals surface area contributed by atoms with Crippen LogP contribution in [0.5, 0.6) is 11.5 Å². The third-order valence-electron chi connectivity index (χ3n) is 7.47. The molecular weight excluding hydrogens is 464 g/mol. The molecule has 0 unspecified atom stereocenters. The summed E-state index contributed by atoms with van der Waals surface area (Å²) in [6, 6.07) is 42.6. The van der Waals surface area contributed by atoms with Gasteiger partial charge in [-0.05, 0) is 57.5 Å². The highest BCUT2D eigenvalue weighted by atomic mass is 16.5. The van der Waals surface area contributed by atoms with Crippen molar-refractivity contribution in [3.8, 4) is 56.1 Å². The first-order valence-electron chi connectivity index (χ1n) is 12.8. The van der Waals surface area contributed by atoms with E-state index in [2.05, 4.69) is 102 Å². The molecule has 1 aliphatic heterocycles. The minimum atomic E-state index is 0.914. The molecule has 1 aliphatic rings. The Bertz CT molecular complexity index is 1950. The van der Waals surface area contributed by atoms with Crippen molar-refractivity contribution in [2.75, 3.05) is 0 Å². The molecule has 0 radical (unpaired) electrons. The lowest BCUT2D eigenvalue weighted by atomic mass is 9.90. The van der Waals surface area contributed by atoms with Gasteiger partial charge >= 0.3 is 0 Å². The maximum atomic E-state index is 6.27. The van der Waals surface area contributed by atoms with Crippen LogP contribution in [0, 0.1) is 0 Å². The normalized spacial score (nSPS) is 11.9. The van der Waals surface area contributed by atoms with Gasteiger partial charge in [0.2, 0.25) is 0 Å². The molecular formula is C35H22N2O. The van der Waals surface area contributed by atoms with Gasteiger partial charge in [0, 0.05) is 28.9 Å². The number of hydrogen-bond acceptors (Lipinski definition) is 2. The zero-order valence-electron chi connectivity index (χ0n) is 20.5. The second-order valence-electron chi connectivity index (χ2n) is 9.68. The van der Waals surface area contributed by atoms with Crippen molar-refractivity contribution >= 4 is 16.4 Å². The molecule has 3 heteroatoms. The van der Waals surface area contributed by atoms with Crippen molar-refractivity contribution in [2.45, 2.75) is 0 Å². The molecule has 5 aromatic carbocycles. The fraction of sp³-hybridized carbons (Fsp3) is 0. The number of fused-ring (bicyclic) bond motifs is 3. The monoisotopic (exact) mass is 486 g/mol. The zero-order valence-corrected chi connectivity index (χ0v) is 20.5. The number of pyridine rings is 1. The molecule has 3 heterocycles.